The molecule has 1 aliphatic carbocycles. The third kappa shape index (κ3) is 3.35. The third-order valence-electron chi connectivity index (χ3n) is 4.35. The Morgan fingerprint density at radius 3 is 2.81 bits per heavy atom. The molecule has 0 aliphatic heterocycles. The molecule has 0 bridgehead atoms. The fraction of sp³-hybridized carbons (Fsp3) is 0.286. The van der Waals surface area contributed by atoms with Crippen molar-refractivity contribution in [3.8, 4) is 11.4 Å². The van der Waals surface area contributed by atoms with Crippen LogP contribution in [0.25, 0.3) is 28.5 Å². The predicted molar refractivity (Wildman–Crippen MR) is 102 cm³/mol. The van der Waals surface area contributed by atoms with E-state index in [2.05, 4.69) is 9.97 Å². The van der Waals surface area contributed by atoms with Gasteiger partial charge >= 0.3 is 6.09 Å². The Bertz CT molecular complexity index is 1080. The summed E-state index contributed by atoms with van der Waals surface area (Å²) in [5.74, 6) is -0.245. The monoisotopic (exact) mass is 365 g/mol. The average Bonchev–Trinajstić information content (AvgIpc) is 2.98. The summed E-state index contributed by atoms with van der Waals surface area (Å²) in [4.78, 5) is 21.8. The molecule has 0 radical (unpaired) electrons. The molecule has 0 N–H and O–H groups in total. The van der Waals surface area contributed by atoms with Crippen molar-refractivity contribution < 1.29 is 13.9 Å². The van der Waals surface area contributed by atoms with Crippen molar-refractivity contribution in [3.63, 3.8) is 0 Å². The molecule has 1 aliphatic rings. The molecule has 6 heteroatoms. The van der Waals surface area contributed by atoms with Crippen molar-refractivity contribution in [2.75, 3.05) is 0 Å². The van der Waals surface area contributed by atoms with Gasteiger partial charge in [-0.1, -0.05) is 0 Å². The van der Waals surface area contributed by atoms with Crippen LogP contribution in [0.4, 0.5) is 9.18 Å². The Morgan fingerprint density at radius 2 is 2.04 bits per heavy atom. The first-order valence-electron chi connectivity index (χ1n) is 8.88. The van der Waals surface area contributed by atoms with Crippen LogP contribution in [-0.4, -0.2) is 26.2 Å². The van der Waals surface area contributed by atoms with Gasteiger partial charge in [0.1, 0.15) is 11.4 Å². The standard InChI is InChI=1S/C21H20FN3O2/c1-21(2,3)27-20(26)25-17-12-15(22)8-6-14(17)11-18(25)16-9-7-13-5-4-10-23-19(13)24-16/h4-5,7,9-12H,6,8H2,1-3H3. The van der Waals surface area contributed by atoms with Gasteiger partial charge in [0.2, 0.25) is 0 Å². The molecule has 0 unspecified atom stereocenters. The highest BCUT2D eigenvalue weighted by atomic mass is 19.1. The molecule has 0 fully saturated rings. The molecule has 5 nitrogen and oxygen atoms in total. The van der Waals surface area contributed by atoms with E-state index in [-0.39, 0.29) is 5.83 Å². The van der Waals surface area contributed by atoms with Crippen LogP contribution in [0, 0.1) is 0 Å². The quantitative estimate of drug-likeness (QED) is 0.599. The van der Waals surface area contributed by atoms with Crippen LogP contribution in [0.3, 0.4) is 0 Å². The Hall–Kier alpha value is -3.02. The van der Waals surface area contributed by atoms with Crippen molar-refractivity contribution in [3.05, 3.63) is 53.6 Å². The van der Waals surface area contributed by atoms with Gasteiger partial charge in [-0.3, -0.25) is 0 Å². The molecule has 27 heavy (non-hydrogen) atoms. The van der Waals surface area contributed by atoms with E-state index in [9.17, 15) is 9.18 Å². The smallest absolute Gasteiger partial charge is 0.419 e. The Morgan fingerprint density at radius 1 is 1.22 bits per heavy atom. The van der Waals surface area contributed by atoms with Gasteiger partial charge in [-0.25, -0.2) is 23.7 Å². The number of allylic oxidation sites excluding steroid dienone is 1. The lowest BCUT2D eigenvalue weighted by Gasteiger charge is -2.21. The van der Waals surface area contributed by atoms with Crippen molar-refractivity contribution in [1.82, 2.24) is 14.5 Å². The SMILES string of the molecule is CC(C)(C)OC(=O)n1c(-c2ccc3cccnc3n2)cc2c1C=C(F)CC2. The number of fused-ring (bicyclic) bond motifs is 2. The predicted octanol–water partition coefficient (Wildman–Crippen LogP) is 5.14. The van der Waals surface area contributed by atoms with E-state index < -0.39 is 11.7 Å². The van der Waals surface area contributed by atoms with Crippen molar-refractivity contribution in [2.24, 2.45) is 0 Å². The molecule has 0 atom stereocenters. The summed E-state index contributed by atoms with van der Waals surface area (Å²) >= 11 is 0. The second-order valence-electron chi connectivity index (χ2n) is 7.59. The molecule has 0 aromatic carbocycles. The largest absolute Gasteiger partial charge is 0.443 e. The lowest BCUT2D eigenvalue weighted by atomic mass is 10.0. The van der Waals surface area contributed by atoms with E-state index in [1.54, 1.807) is 27.0 Å². The minimum Gasteiger partial charge on any atom is -0.443 e. The number of hydrogen-bond acceptors (Lipinski definition) is 4. The van der Waals surface area contributed by atoms with Crippen LogP contribution in [0.5, 0.6) is 0 Å². The first-order chi connectivity index (χ1) is 12.8. The maximum atomic E-state index is 13.9. The maximum Gasteiger partial charge on any atom is 0.419 e. The highest BCUT2D eigenvalue weighted by molar-refractivity contribution is 5.85. The summed E-state index contributed by atoms with van der Waals surface area (Å²) < 4.78 is 20.9. The summed E-state index contributed by atoms with van der Waals surface area (Å²) in [5.41, 5.74) is 2.52. The van der Waals surface area contributed by atoms with Gasteiger partial charge in [0.15, 0.2) is 5.65 Å². The lowest BCUT2D eigenvalue weighted by molar-refractivity contribution is 0.0539. The summed E-state index contributed by atoms with van der Waals surface area (Å²) in [6.07, 6.45) is 3.40. The van der Waals surface area contributed by atoms with E-state index in [1.165, 1.54) is 10.6 Å². The van der Waals surface area contributed by atoms with Crippen molar-refractivity contribution in [2.45, 2.75) is 39.2 Å². The molecular weight excluding hydrogens is 345 g/mol. The van der Waals surface area contributed by atoms with E-state index in [0.717, 1.165) is 10.9 Å². The molecule has 0 saturated carbocycles. The molecule has 0 saturated heterocycles. The average molecular weight is 365 g/mol. The second-order valence-corrected chi connectivity index (χ2v) is 7.59. The molecule has 0 spiro atoms. The van der Waals surface area contributed by atoms with Gasteiger partial charge in [-0.2, -0.15) is 0 Å². The fourth-order valence-corrected chi connectivity index (χ4v) is 3.20. The first-order valence-corrected chi connectivity index (χ1v) is 8.88. The number of ether oxygens (including phenoxy) is 1. The topological polar surface area (TPSA) is 57.0 Å². The van der Waals surface area contributed by atoms with Gasteiger partial charge in [0.25, 0.3) is 0 Å². The molecule has 3 aromatic heterocycles. The van der Waals surface area contributed by atoms with Gasteiger partial charge in [-0.05, 0) is 69.2 Å². The number of carbonyl (C=O) groups excluding carboxylic acids is 1. The van der Waals surface area contributed by atoms with Crippen LogP contribution in [0.15, 0.2) is 42.4 Å². The number of aromatic nitrogens is 3. The van der Waals surface area contributed by atoms with E-state index in [4.69, 9.17) is 4.74 Å². The Balaban J connectivity index is 1.90. The van der Waals surface area contributed by atoms with Crippen LogP contribution in [-0.2, 0) is 11.2 Å². The highest BCUT2D eigenvalue weighted by Crippen LogP contribution is 2.33. The maximum absolute atomic E-state index is 13.9. The summed E-state index contributed by atoms with van der Waals surface area (Å²) in [5, 5.41) is 0.910. The molecule has 138 valence electrons. The number of hydrogen-bond donors (Lipinski definition) is 0. The molecule has 3 aromatic rings. The Labute approximate surface area is 156 Å². The first kappa shape index (κ1) is 17.4. The van der Waals surface area contributed by atoms with Crippen LogP contribution < -0.4 is 0 Å². The normalized spacial score (nSPS) is 14.0. The van der Waals surface area contributed by atoms with Gasteiger partial charge in [-0.15, -0.1) is 0 Å². The van der Waals surface area contributed by atoms with Crippen molar-refractivity contribution >= 4 is 23.2 Å². The zero-order chi connectivity index (χ0) is 19.2. The number of halogens is 1. The number of pyridine rings is 2. The zero-order valence-corrected chi connectivity index (χ0v) is 15.5. The van der Waals surface area contributed by atoms with Crippen LogP contribution in [0.2, 0.25) is 0 Å². The minimum absolute atomic E-state index is 0.245. The van der Waals surface area contributed by atoms with E-state index in [0.29, 0.717) is 35.6 Å². The van der Waals surface area contributed by atoms with Gasteiger partial charge in [0, 0.05) is 18.0 Å². The Kier molecular flexibility index (Phi) is 4.06. The number of nitrogens with zero attached hydrogens (tertiary/aromatic N) is 3. The molecular formula is C21H20FN3O2. The van der Waals surface area contributed by atoms with Gasteiger partial charge < -0.3 is 4.74 Å². The highest BCUT2D eigenvalue weighted by Gasteiger charge is 2.27. The second kappa shape index (κ2) is 6.30. The third-order valence-corrected chi connectivity index (χ3v) is 4.35. The van der Waals surface area contributed by atoms with E-state index >= 15 is 0 Å². The zero-order valence-electron chi connectivity index (χ0n) is 15.5. The number of carbonyl (C=O) groups is 1. The lowest BCUT2D eigenvalue weighted by Crippen LogP contribution is -2.28. The van der Waals surface area contributed by atoms with Gasteiger partial charge in [0.05, 0.1) is 17.1 Å². The van der Waals surface area contributed by atoms with Crippen molar-refractivity contribution in [1.29, 1.82) is 0 Å². The minimum atomic E-state index is -0.666. The summed E-state index contributed by atoms with van der Waals surface area (Å²) in [7, 11) is 0. The van der Waals surface area contributed by atoms with Crippen LogP contribution >= 0.6 is 0 Å². The number of aryl methyl sites for hydroxylation is 1. The molecule has 3 heterocycles. The summed E-state index contributed by atoms with van der Waals surface area (Å²) in [6.45, 7) is 5.40. The fourth-order valence-electron chi connectivity index (χ4n) is 3.20. The van der Waals surface area contributed by atoms with E-state index in [1.807, 2.05) is 30.3 Å². The molecule has 0 amide bonds. The summed E-state index contributed by atoms with van der Waals surface area (Å²) in [6, 6.07) is 9.41. The molecule has 4 rings (SSSR count). The number of rotatable bonds is 1. The van der Waals surface area contributed by atoms with Crippen LogP contribution in [0.1, 0.15) is 38.4 Å².